The van der Waals surface area contributed by atoms with Crippen LogP contribution in [0.1, 0.15) is 36.6 Å². The molecule has 1 saturated heterocycles. The minimum Gasteiger partial charge on any atom is -0.373 e. The van der Waals surface area contributed by atoms with Gasteiger partial charge in [0, 0.05) is 37.2 Å². The monoisotopic (exact) mass is 438 g/mol. The SMILES string of the molecule is CCNC(=NCC1(C)CCCO1)NCCc1ncc(C)s1.I. The molecule has 1 aromatic heterocycles. The fourth-order valence-electron chi connectivity index (χ4n) is 2.35. The molecule has 0 amide bonds. The first-order valence-electron chi connectivity index (χ1n) is 7.69. The van der Waals surface area contributed by atoms with Gasteiger partial charge in [-0.3, -0.25) is 4.99 Å². The molecule has 0 spiro atoms. The highest BCUT2D eigenvalue weighted by Crippen LogP contribution is 2.24. The van der Waals surface area contributed by atoms with Crippen molar-refractivity contribution in [2.75, 3.05) is 26.2 Å². The van der Waals surface area contributed by atoms with Crippen molar-refractivity contribution >= 4 is 41.3 Å². The van der Waals surface area contributed by atoms with Crippen molar-refractivity contribution in [2.45, 2.75) is 45.6 Å². The molecule has 1 aromatic rings. The van der Waals surface area contributed by atoms with Gasteiger partial charge in [-0.1, -0.05) is 0 Å². The Morgan fingerprint density at radius 2 is 2.32 bits per heavy atom. The summed E-state index contributed by atoms with van der Waals surface area (Å²) in [5.41, 5.74) is -0.0885. The summed E-state index contributed by atoms with van der Waals surface area (Å²) in [5, 5.41) is 7.82. The Morgan fingerprint density at radius 3 is 2.91 bits per heavy atom. The van der Waals surface area contributed by atoms with Gasteiger partial charge in [-0.25, -0.2) is 4.98 Å². The summed E-state index contributed by atoms with van der Waals surface area (Å²) in [5.74, 6) is 0.863. The van der Waals surface area contributed by atoms with E-state index in [0.717, 1.165) is 44.9 Å². The van der Waals surface area contributed by atoms with Crippen molar-refractivity contribution in [3.05, 3.63) is 16.1 Å². The molecule has 1 aliphatic heterocycles. The van der Waals surface area contributed by atoms with Crippen LogP contribution in [0, 0.1) is 6.92 Å². The zero-order chi connectivity index (χ0) is 15.1. The average molecular weight is 438 g/mol. The maximum atomic E-state index is 5.77. The molecule has 2 rings (SSSR count). The van der Waals surface area contributed by atoms with Crippen molar-refractivity contribution in [1.29, 1.82) is 0 Å². The van der Waals surface area contributed by atoms with Crippen molar-refractivity contribution in [1.82, 2.24) is 15.6 Å². The Morgan fingerprint density at radius 1 is 1.50 bits per heavy atom. The normalized spacial score (nSPS) is 21.5. The Hall–Kier alpha value is -0.410. The Balaban J connectivity index is 0.00000242. The van der Waals surface area contributed by atoms with E-state index in [2.05, 4.69) is 41.4 Å². The van der Waals surface area contributed by atoms with Gasteiger partial charge in [0.1, 0.15) is 0 Å². The fraction of sp³-hybridized carbons (Fsp3) is 0.733. The van der Waals surface area contributed by atoms with Crippen molar-refractivity contribution in [3.63, 3.8) is 0 Å². The van der Waals surface area contributed by atoms with Gasteiger partial charge in [0.25, 0.3) is 0 Å². The van der Waals surface area contributed by atoms with E-state index in [1.165, 1.54) is 9.88 Å². The quantitative estimate of drug-likeness (QED) is 0.408. The Labute approximate surface area is 154 Å². The highest BCUT2D eigenvalue weighted by Gasteiger charge is 2.29. The van der Waals surface area contributed by atoms with Crippen molar-refractivity contribution in [3.8, 4) is 0 Å². The van der Waals surface area contributed by atoms with E-state index in [0.29, 0.717) is 6.54 Å². The lowest BCUT2D eigenvalue weighted by atomic mass is 10.0. The molecule has 126 valence electrons. The van der Waals surface area contributed by atoms with Gasteiger partial charge in [0.2, 0.25) is 0 Å². The molecule has 0 radical (unpaired) electrons. The van der Waals surface area contributed by atoms with Crippen LogP contribution < -0.4 is 10.6 Å². The molecule has 0 saturated carbocycles. The minimum atomic E-state index is -0.0885. The first-order chi connectivity index (χ1) is 10.1. The van der Waals surface area contributed by atoms with E-state index in [4.69, 9.17) is 4.74 Å². The molecule has 22 heavy (non-hydrogen) atoms. The number of nitrogens with zero attached hydrogens (tertiary/aromatic N) is 2. The maximum absolute atomic E-state index is 5.77. The number of aromatic nitrogens is 1. The van der Waals surface area contributed by atoms with E-state index in [1.807, 2.05) is 6.20 Å². The zero-order valence-corrected chi connectivity index (χ0v) is 16.8. The van der Waals surface area contributed by atoms with Crippen LogP contribution in [-0.2, 0) is 11.2 Å². The van der Waals surface area contributed by atoms with Crippen LogP contribution in [0.5, 0.6) is 0 Å². The highest BCUT2D eigenvalue weighted by molar-refractivity contribution is 14.0. The van der Waals surface area contributed by atoms with Crippen molar-refractivity contribution in [2.24, 2.45) is 4.99 Å². The molecular weight excluding hydrogens is 411 g/mol. The number of hydrogen-bond acceptors (Lipinski definition) is 4. The lowest BCUT2D eigenvalue weighted by molar-refractivity contribution is 0.0283. The number of thiazole rings is 1. The lowest BCUT2D eigenvalue weighted by Gasteiger charge is -2.21. The third-order valence-corrected chi connectivity index (χ3v) is 4.49. The first-order valence-corrected chi connectivity index (χ1v) is 8.50. The zero-order valence-electron chi connectivity index (χ0n) is 13.6. The van der Waals surface area contributed by atoms with Crippen LogP contribution >= 0.6 is 35.3 Å². The molecule has 5 nitrogen and oxygen atoms in total. The molecule has 0 aromatic carbocycles. The van der Waals surface area contributed by atoms with Gasteiger partial charge >= 0.3 is 0 Å². The molecule has 1 fully saturated rings. The minimum absolute atomic E-state index is 0. The average Bonchev–Trinajstić information content (AvgIpc) is 3.06. The number of nitrogens with one attached hydrogen (secondary N) is 2. The van der Waals surface area contributed by atoms with E-state index in [9.17, 15) is 0 Å². The third kappa shape index (κ3) is 6.37. The molecule has 0 aliphatic carbocycles. The van der Waals surface area contributed by atoms with Crippen LogP contribution in [0.3, 0.4) is 0 Å². The number of hydrogen-bond donors (Lipinski definition) is 2. The second-order valence-electron chi connectivity index (χ2n) is 5.64. The Kier molecular flexibility index (Phi) is 8.63. The van der Waals surface area contributed by atoms with Crippen LogP contribution in [0.4, 0.5) is 0 Å². The van der Waals surface area contributed by atoms with Gasteiger partial charge in [-0.05, 0) is 33.6 Å². The molecule has 1 aliphatic rings. The fourth-order valence-corrected chi connectivity index (χ4v) is 3.14. The Bertz CT molecular complexity index is 472. The predicted molar refractivity (Wildman–Crippen MR) is 104 cm³/mol. The van der Waals surface area contributed by atoms with Gasteiger partial charge < -0.3 is 15.4 Å². The van der Waals surface area contributed by atoms with Crippen molar-refractivity contribution < 1.29 is 4.74 Å². The molecular formula is C15H27IN4OS. The second kappa shape index (κ2) is 9.67. The van der Waals surface area contributed by atoms with E-state index in [1.54, 1.807) is 11.3 Å². The number of ether oxygens (including phenoxy) is 1. The van der Waals surface area contributed by atoms with Gasteiger partial charge in [-0.15, -0.1) is 35.3 Å². The second-order valence-corrected chi connectivity index (χ2v) is 6.96. The first kappa shape index (κ1) is 19.6. The third-order valence-electron chi connectivity index (χ3n) is 3.52. The number of rotatable bonds is 6. The summed E-state index contributed by atoms with van der Waals surface area (Å²) in [6.07, 6.45) is 5.09. The number of guanidine groups is 1. The van der Waals surface area contributed by atoms with Gasteiger partial charge in [-0.2, -0.15) is 0 Å². The van der Waals surface area contributed by atoms with Crippen LogP contribution in [0.2, 0.25) is 0 Å². The summed E-state index contributed by atoms with van der Waals surface area (Å²) in [6, 6.07) is 0. The van der Waals surface area contributed by atoms with Crippen LogP contribution in [0.15, 0.2) is 11.2 Å². The van der Waals surface area contributed by atoms with Gasteiger partial charge in [0.15, 0.2) is 5.96 Å². The standard InChI is InChI=1S/C15H26N4OS.HI/c1-4-16-14(19-11-15(3)7-5-9-20-15)17-8-6-13-18-10-12(2)21-13;/h10H,4-9,11H2,1-3H3,(H2,16,17,19);1H. The smallest absolute Gasteiger partial charge is 0.191 e. The topological polar surface area (TPSA) is 58.5 Å². The van der Waals surface area contributed by atoms with Gasteiger partial charge in [0.05, 0.1) is 17.2 Å². The van der Waals surface area contributed by atoms with Crippen LogP contribution in [-0.4, -0.2) is 42.8 Å². The molecule has 2 N–H and O–H groups in total. The summed E-state index contributed by atoms with van der Waals surface area (Å²) in [6.45, 7) is 9.58. The number of aliphatic imine (C=N–C) groups is 1. The van der Waals surface area contributed by atoms with E-state index < -0.39 is 0 Å². The number of halogens is 1. The van der Waals surface area contributed by atoms with E-state index in [-0.39, 0.29) is 29.6 Å². The summed E-state index contributed by atoms with van der Waals surface area (Å²) >= 11 is 1.75. The summed E-state index contributed by atoms with van der Waals surface area (Å²) in [7, 11) is 0. The van der Waals surface area contributed by atoms with E-state index >= 15 is 0 Å². The molecule has 2 heterocycles. The number of aryl methyl sites for hydroxylation is 1. The largest absolute Gasteiger partial charge is 0.373 e. The molecule has 1 atom stereocenters. The lowest BCUT2D eigenvalue weighted by Crippen LogP contribution is -2.40. The maximum Gasteiger partial charge on any atom is 0.191 e. The molecule has 0 bridgehead atoms. The predicted octanol–water partition coefficient (Wildman–Crippen LogP) is 2.74. The summed E-state index contributed by atoms with van der Waals surface area (Å²) < 4.78 is 5.77. The molecule has 1 unspecified atom stereocenters. The summed E-state index contributed by atoms with van der Waals surface area (Å²) in [4.78, 5) is 10.3. The van der Waals surface area contributed by atoms with Crippen LogP contribution in [0.25, 0.3) is 0 Å². The molecule has 7 heteroatoms. The highest BCUT2D eigenvalue weighted by atomic mass is 127.